The number of benzene rings is 2. The van der Waals surface area contributed by atoms with Gasteiger partial charge in [-0.1, -0.05) is 42.0 Å². The Kier molecular flexibility index (Phi) is 5.14. The number of methoxy groups -OCH3 is 1. The predicted octanol–water partition coefficient (Wildman–Crippen LogP) is 3.69. The summed E-state index contributed by atoms with van der Waals surface area (Å²) in [5.74, 6) is 0.239. The zero-order chi connectivity index (χ0) is 20.5. The van der Waals surface area contributed by atoms with Crippen molar-refractivity contribution in [1.29, 1.82) is 0 Å². The Hall–Kier alpha value is -3.08. The van der Waals surface area contributed by atoms with Gasteiger partial charge in [0.1, 0.15) is 11.4 Å². The van der Waals surface area contributed by atoms with E-state index in [1.54, 1.807) is 7.11 Å². The Morgan fingerprint density at radius 2 is 1.69 bits per heavy atom. The van der Waals surface area contributed by atoms with E-state index in [1.165, 1.54) is 4.90 Å². The van der Waals surface area contributed by atoms with Gasteiger partial charge in [0.2, 0.25) is 0 Å². The van der Waals surface area contributed by atoms with Crippen molar-refractivity contribution in [3.8, 4) is 5.75 Å². The van der Waals surface area contributed by atoms with E-state index in [-0.39, 0.29) is 18.4 Å². The average molecular weight is 390 g/mol. The highest BCUT2D eigenvalue weighted by Gasteiger charge is 2.42. The number of hydrogen-bond acceptors (Lipinski definition) is 4. The third kappa shape index (κ3) is 3.41. The first-order valence-electron chi connectivity index (χ1n) is 10.1. The van der Waals surface area contributed by atoms with E-state index in [0.717, 1.165) is 48.2 Å². The van der Waals surface area contributed by atoms with Gasteiger partial charge in [-0.25, -0.2) is 0 Å². The first kappa shape index (κ1) is 19.2. The fourth-order valence-corrected chi connectivity index (χ4v) is 4.28. The molecule has 0 atom stereocenters. The maximum Gasteiger partial charge on any atom is 0.278 e. The molecule has 1 fully saturated rings. The standard InChI is InChI=1S/C24H26N2O3/c1-16-10-11-19(17(2)14-16)21-22(25-12-6-7-13-25)24(28)26(23(21)27)15-18-8-4-5-9-20(18)29-3/h4-5,8-11,14H,6-7,12-13,15H2,1-3H3. The minimum atomic E-state index is -0.227. The average Bonchev–Trinajstić information content (AvgIpc) is 3.31. The van der Waals surface area contributed by atoms with Crippen LogP contribution in [-0.2, 0) is 16.1 Å². The number of hydrogen-bond donors (Lipinski definition) is 0. The number of carbonyl (C=O) groups excluding carboxylic acids is 2. The molecule has 2 heterocycles. The molecule has 0 aliphatic carbocycles. The monoisotopic (exact) mass is 390 g/mol. The number of amides is 2. The van der Waals surface area contributed by atoms with E-state index in [9.17, 15) is 9.59 Å². The zero-order valence-corrected chi connectivity index (χ0v) is 17.2. The van der Waals surface area contributed by atoms with Crippen LogP contribution in [0.1, 0.15) is 35.1 Å². The maximum absolute atomic E-state index is 13.5. The summed E-state index contributed by atoms with van der Waals surface area (Å²) in [5.41, 5.74) is 4.89. The fourth-order valence-electron chi connectivity index (χ4n) is 4.28. The second kappa shape index (κ2) is 7.74. The van der Waals surface area contributed by atoms with E-state index >= 15 is 0 Å². The number of aryl methyl sites for hydroxylation is 2. The summed E-state index contributed by atoms with van der Waals surface area (Å²) in [6, 6.07) is 13.5. The SMILES string of the molecule is COc1ccccc1CN1C(=O)C(c2ccc(C)cc2C)=C(N2CCCC2)C1=O. The molecule has 0 bridgehead atoms. The molecule has 2 amide bonds. The Morgan fingerprint density at radius 3 is 2.38 bits per heavy atom. The van der Waals surface area contributed by atoms with Crippen LogP contribution in [0.3, 0.4) is 0 Å². The second-order valence-corrected chi connectivity index (χ2v) is 7.74. The van der Waals surface area contributed by atoms with Gasteiger partial charge < -0.3 is 9.64 Å². The van der Waals surface area contributed by atoms with Crippen molar-refractivity contribution in [3.63, 3.8) is 0 Å². The van der Waals surface area contributed by atoms with Crippen molar-refractivity contribution in [2.24, 2.45) is 0 Å². The number of nitrogens with zero attached hydrogens (tertiary/aromatic N) is 2. The van der Waals surface area contributed by atoms with Gasteiger partial charge in [0.25, 0.3) is 11.8 Å². The second-order valence-electron chi connectivity index (χ2n) is 7.74. The summed E-state index contributed by atoms with van der Waals surface area (Å²) in [6.45, 7) is 5.85. The maximum atomic E-state index is 13.5. The van der Waals surface area contributed by atoms with E-state index in [0.29, 0.717) is 17.0 Å². The number of para-hydroxylation sites is 1. The van der Waals surface area contributed by atoms with Crippen molar-refractivity contribution in [2.45, 2.75) is 33.2 Å². The molecule has 5 nitrogen and oxygen atoms in total. The molecule has 5 heteroatoms. The first-order chi connectivity index (χ1) is 14.0. The molecule has 2 aliphatic heterocycles. The summed E-state index contributed by atoms with van der Waals surface area (Å²) in [7, 11) is 1.60. The quantitative estimate of drug-likeness (QED) is 0.731. The highest BCUT2D eigenvalue weighted by atomic mass is 16.5. The number of imide groups is 1. The molecule has 0 aromatic heterocycles. The van der Waals surface area contributed by atoms with Crippen LogP contribution in [0.25, 0.3) is 5.57 Å². The number of ether oxygens (including phenoxy) is 1. The lowest BCUT2D eigenvalue weighted by Gasteiger charge is -2.21. The van der Waals surface area contributed by atoms with E-state index < -0.39 is 0 Å². The molecule has 0 N–H and O–H groups in total. The lowest BCUT2D eigenvalue weighted by Crippen LogP contribution is -2.34. The largest absolute Gasteiger partial charge is 0.496 e. The number of rotatable bonds is 5. The fraction of sp³-hybridized carbons (Fsp3) is 0.333. The van der Waals surface area contributed by atoms with Gasteiger partial charge in [-0.2, -0.15) is 0 Å². The van der Waals surface area contributed by atoms with Crippen molar-refractivity contribution in [1.82, 2.24) is 9.80 Å². The van der Waals surface area contributed by atoms with Gasteiger partial charge in [0, 0.05) is 18.7 Å². The summed E-state index contributed by atoms with van der Waals surface area (Å²) in [5, 5.41) is 0. The molecular formula is C24H26N2O3. The predicted molar refractivity (Wildman–Crippen MR) is 112 cm³/mol. The van der Waals surface area contributed by atoms with Crippen molar-refractivity contribution in [3.05, 3.63) is 70.4 Å². The van der Waals surface area contributed by atoms with Crippen LogP contribution in [0.4, 0.5) is 0 Å². The molecule has 0 radical (unpaired) electrons. The molecule has 2 aromatic carbocycles. The Bertz CT molecular complexity index is 1000. The number of carbonyl (C=O) groups is 2. The summed E-state index contributed by atoms with van der Waals surface area (Å²) < 4.78 is 5.42. The van der Waals surface area contributed by atoms with Crippen LogP contribution >= 0.6 is 0 Å². The smallest absolute Gasteiger partial charge is 0.278 e. The normalized spacial score (nSPS) is 16.9. The van der Waals surface area contributed by atoms with Crippen LogP contribution in [0, 0.1) is 13.8 Å². The Morgan fingerprint density at radius 1 is 0.966 bits per heavy atom. The third-order valence-electron chi connectivity index (χ3n) is 5.74. The Labute approximate surface area is 171 Å². The number of likely N-dealkylation sites (tertiary alicyclic amines) is 1. The van der Waals surface area contributed by atoms with Gasteiger partial charge in [0.05, 0.1) is 19.2 Å². The molecule has 1 saturated heterocycles. The summed E-state index contributed by atoms with van der Waals surface area (Å²) in [6.07, 6.45) is 2.08. The van der Waals surface area contributed by atoms with Gasteiger partial charge in [-0.15, -0.1) is 0 Å². The van der Waals surface area contributed by atoms with E-state index in [2.05, 4.69) is 11.0 Å². The van der Waals surface area contributed by atoms with Gasteiger partial charge >= 0.3 is 0 Å². The topological polar surface area (TPSA) is 49.9 Å². The third-order valence-corrected chi connectivity index (χ3v) is 5.74. The van der Waals surface area contributed by atoms with Gasteiger partial charge in [-0.3, -0.25) is 14.5 Å². The van der Waals surface area contributed by atoms with Crippen LogP contribution in [0.15, 0.2) is 48.2 Å². The van der Waals surface area contributed by atoms with Crippen molar-refractivity contribution >= 4 is 17.4 Å². The van der Waals surface area contributed by atoms with E-state index in [1.807, 2.05) is 50.2 Å². The van der Waals surface area contributed by atoms with Crippen molar-refractivity contribution < 1.29 is 14.3 Å². The lowest BCUT2D eigenvalue weighted by molar-refractivity contribution is -0.138. The van der Waals surface area contributed by atoms with E-state index in [4.69, 9.17) is 4.74 Å². The molecule has 0 saturated carbocycles. The molecule has 0 spiro atoms. The van der Waals surface area contributed by atoms with Gasteiger partial charge in [0.15, 0.2) is 0 Å². The molecular weight excluding hydrogens is 364 g/mol. The molecule has 0 unspecified atom stereocenters. The van der Waals surface area contributed by atoms with Crippen LogP contribution in [0.5, 0.6) is 5.75 Å². The Balaban J connectivity index is 1.77. The molecule has 29 heavy (non-hydrogen) atoms. The van der Waals surface area contributed by atoms with Crippen LogP contribution < -0.4 is 4.74 Å². The molecule has 4 rings (SSSR count). The summed E-state index contributed by atoms with van der Waals surface area (Å²) in [4.78, 5) is 30.4. The minimum absolute atomic E-state index is 0.202. The summed E-state index contributed by atoms with van der Waals surface area (Å²) >= 11 is 0. The van der Waals surface area contributed by atoms with Crippen LogP contribution in [-0.4, -0.2) is 41.8 Å². The lowest BCUT2D eigenvalue weighted by atomic mass is 9.97. The molecule has 150 valence electrons. The van der Waals surface area contributed by atoms with Crippen molar-refractivity contribution in [2.75, 3.05) is 20.2 Å². The van der Waals surface area contributed by atoms with Crippen LogP contribution in [0.2, 0.25) is 0 Å². The highest BCUT2D eigenvalue weighted by molar-refractivity contribution is 6.35. The molecule has 2 aromatic rings. The highest BCUT2D eigenvalue weighted by Crippen LogP contribution is 2.36. The minimum Gasteiger partial charge on any atom is -0.496 e. The van der Waals surface area contributed by atoms with Gasteiger partial charge in [-0.05, 0) is 43.9 Å². The molecule has 2 aliphatic rings. The zero-order valence-electron chi connectivity index (χ0n) is 17.2. The first-order valence-corrected chi connectivity index (χ1v) is 10.1.